The Labute approximate surface area is 446 Å². The fourth-order valence-corrected chi connectivity index (χ4v) is 8.18. The molecule has 0 saturated carbocycles. The van der Waals surface area contributed by atoms with E-state index in [4.69, 9.17) is 24.3 Å². The Morgan fingerprint density at radius 3 is 1.12 bits per heavy atom. The van der Waals surface area contributed by atoms with Crippen LogP contribution in [0, 0.1) is 0 Å². The SMILES string of the molecule is CC/C=C\C/C=C\C/C=C\C/C=C\C/C=C\C/C=C\CCCCCCCCCCCCCCCCCCCCC(=O)OC(COC(=O)C/C=C\C/C=C\C/C=C\C/C=C\C/C=C\CC)COP(=O)(O)OCCN. The zero-order chi connectivity index (χ0) is 53.1. The lowest BCUT2D eigenvalue weighted by atomic mass is 10.0. The summed E-state index contributed by atoms with van der Waals surface area (Å²) in [5, 5.41) is 0. The van der Waals surface area contributed by atoms with Crippen molar-refractivity contribution in [3.8, 4) is 0 Å². The summed E-state index contributed by atoms with van der Waals surface area (Å²) in [5.74, 6) is -0.980. The highest BCUT2D eigenvalue weighted by Gasteiger charge is 2.26. The van der Waals surface area contributed by atoms with E-state index in [1.165, 1.54) is 96.3 Å². The van der Waals surface area contributed by atoms with Crippen LogP contribution < -0.4 is 5.73 Å². The van der Waals surface area contributed by atoms with Crippen LogP contribution in [0.4, 0.5) is 0 Å². The minimum Gasteiger partial charge on any atom is -0.461 e. The molecule has 0 rings (SSSR count). The molecule has 10 heteroatoms. The first kappa shape index (κ1) is 69.2. The lowest BCUT2D eigenvalue weighted by molar-refractivity contribution is -0.160. The maximum Gasteiger partial charge on any atom is 0.472 e. The highest BCUT2D eigenvalue weighted by atomic mass is 31.2. The molecule has 73 heavy (non-hydrogen) atoms. The van der Waals surface area contributed by atoms with Gasteiger partial charge in [0.2, 0.25) is 0 Å². The first-order valence-corrected chi connectivity index (χ1v) is 30.2. The molecule has 0 aliphatic rings. The Bertz CT molecular complexity index is 1650. The van der Waals surface area contributed by atoms with Crippen LogP contribution in [-0.2, 0) is 32.7 Å². The van der Waals surface area contributed by atoms with Crippen LogP contribution in [0.15, 0.2) is 134 Å². The van der Waals surface area contributed by atoms with E-state index in [0.29, 0.717) is 12.8 Å². The van der Waals surface area contributed by atoms with E-state index in [-0.39, 0.29) is 32.6 Å². The van der Waals surface area contributed by atoms with Crippen molar-refractivity contribution in [1.29, 1.82) is 0 Å². The smallest absolute Gasteiger partial charge is 0.461 e. The second-order valence-corrected chi connectivity index (χ2v) is 19.9. The first-order chi connectivity index (χ1) is 35.8. The first-order valence-electron chi connectivity index (χ1n) is 28.7. The Morgan fingerprint density at radius 2 is 0.753 bits per heavy atom. The number of hydrogen-bond acceptors (Lipinski definition) is 8. The van der Waals surface area contributed by atoms with E-state index < -0.39 is 32.5 Å². The van der Waals surface area contributed by atoms with Crippen LogP contribution in [-0.4, -0.2) is 49.3 Å². The van der Waals surface area contributed by atoms with Gasteiger partial charge in [-0.1, -0.05) is 250 Å². The molecule has 0 saturated heterocycles. The van der Waals surface area contributed by atoms with E-state index >= 15 is 0 Å². The number of rotatable bonds is 52. The monoisotopic (exact) mass is 1030 g/mol. The number of phosphoric ester groups is 1. The highest BCUT2D eigenvalue weighted by Crippen LogP contribution is 2.43. The summed E-state index contributed by atoms with van der Waals surface area (Å²) in [6.45, 7) is 3.39. The highest BCUT2D eigenvalue weighted by molar-refractivity contribution is 7.47. The van der Waals surface area contributed by atoms with Crippen LogP contribution in [0.2, 0.25) is 0 Å². The third-order valence-electron chi connectivity index (χ3n) is 11.6. The van der Waals surface area contributed by atoms with E-state index in [1.54, 1.807) is 6.08 Å². The Balaban J connectivity index is 3.93. The summed E-state index contributed by atoms with van der Waals surface area (Å²) in [6.07, 6.45) is 81.3. The number of ether oxygens (including phenoxy) is 2. The number of allylic oxidation sites excluding steroid dienone is 21. The van der Waals surface area contributed by atoms with Gasteiger partial charge in [-0.25, -0.2) is 4.57 Å². The number of carbonyl (C=O) groups is 2. The Kier molecular flexibility index (Phi) is 54.4. The zero-order valence-electron chi connectivity index (χ0n) is 46.1. The average molecular weight is 1030 g/mol. The van der Waals surface area contributed by atoms with Crippen molar-refractivity contribution in [2.75, 3.05) is 26.4 Å². The average Bonchev–Trinajstić information content (AvgIpc) is 3.38. The predicted molar refractivity (Wildman–Crippen MR) is 311 cm³/mol. The second kappa shape index (κ2) is 57.4. The molecule has 2 atom stereocenters. The van der Waals surface area contributed by atoms with Gasteiger partial charge in [0.15, 0.2) is 6.10 Å². The number of carbonyl (C=O) groups excluding carboxylic acids is 2. The summed E-state index contributed by atoms with van der Waals surface area (Å²) in [6, 6.07) is 0. The van der Waals surface area contributed by atoms with Gasteiger partial charge in [0.1, 0.15) is 6.61 Å². The van der Waals surface area contributed by atoms with Crippen molar-refractivity contribution >= 4 is 19.8 Å². The Morgan fingerprint density at radius 1 is 0.425 bits per heavy atom. The molecule has 0 aromatic carbocycles. The van der Waals surface area contributed by atoms with Crippen LogP contribution in [0.25, 0.3) is 0 Å². The number of phosphoric acid groups is 1. The molecule has 3 N–H and O–H groups in total. The van der Waals surface area contributed by atoms with E-state index in [9.17, 15) is 19.0 Å². The van der Waals surface area contributed by atoms with Crippen LogP contribution in [0.5, 0.6) is 0 Å². The van der Waals surface area contributed by atoms with Gasteiger partial charge in [-0.3, -0.25) is 18.6 Å². The van der Waals surface area contributed by atoms with Crippen LogP contribution >= 0.6 is 7.82 Å². The van der Waals surface area contributed by atoms with Gasteiger partial charge in [0, 0.05) is 13.0 Å². The third kappa shape index (κ3) is 57.3. The normalized spacial score (nSPS) is 14.1. The lowest BCUT2D eigenvalue weighted by Crippen LogP contribution is -2.29. The summed E-state index contributed by atoms with van der Waals surface area (Å²) >= 11 is 0. The van der Waals surface area contributed by atoms with Gasteiger partial charge in [-0.15, -0.1) is 0 Å². The summed E-state index contributed by atoms with van der Waals surface area (Å²) in [7, 11) is -4.41. The predicted octanol–water partition coefficient (Wildman–Crippen LogP) is 18.2. The molecule has 0 aliphatic carbocycles. The van der Waals surface area contributed by atoms with Crippen molar-refractivity contribution in [1.82, 2.24) is 0 Å². The number of esters is 2. The minimum absolute atomic E-state index is 0.0368. The molecule has 0 aromatic rings. The van der Waals surface area contributed by atoms with Crippen molar-refractivity contribution < 1.29 is 37.6 Å². The molecule has 0 bridgehead atoms. The molecule has 0 radical (unpaired) electrons. The maximum absolute atomic E-state index is 12.7. The fourth-order valence-electron chi connectivity index (χ4n) is 7.42. The summed E-state index contributed by atoms with van der Waals surface area (Å²) < 4.78 is 32.8. The number of unbranched alkanes of at least 4 members (excludes halogenated alkanes) is 18. The minimum atomic E-state index is -4.41. The zero-order valence-corrected chi connectivity index (χ0v) is 47.0. The molecule has 0 aliphatic heterocycles. The van der Waals surface area contributed by atoms with Crippen molar-refractivity contribution in [3.05, 3.63) is 134 Å². The van der Waals surface area contributed by atoms with Gasteiger partial charge in [0.25, 0.3) is 0 Å². The van der Waals surface area contributed by atoms with Gasteiger partial charge in [-0.05, 0) is 89.9 Å². The van der Waals surface area contributed by atoms with Gasteiger partial charge >= 0.3 is 19.8 Å². The van der Waals surface area contributed by atoms with Crippen LogP contribution in [0.3, 0.4) is 0 Å². The molecule has 9 nitrogen and oxygen atoms in total. The van der Waals surface area contributed by atoms with Crippen LogP contribution in [0.1, 0.15) is 219 Å². The largest absolute Gasteiger partial charge is 0.472 e. The lowest BCUT2D eigenvalue weighted by Gasteiger charge is -2.19. The molecule has 0 fully saturated rings. The maximum atomic E-state index is 12.7. The van der Waals surface area contributed by atoms with E-state index in [2.05, 4.69) is 129 Å². The Hall–Kier alpha value is -3.85. The standard InChI is InChI=1S/C63H104NO8P/c1-3-5-7-9-11-13-15-17-19-20-21-22-23-24-25-26-27-28-29-30-31-32-33-34-35-36-37-38-39-40-42-44-46-48-50-52-54-56-63(66)72-61(60-71-73(67,68)70-58-57-64)59-69-62(65)55-53-51-49-47-45-43-41-18-16-14-12-10-8-6-4-2/h5-8,11-14,17-19,21-22,24-25,27-28,41,45,47,51,53,61H,3-4,9-10,15-16,20,23,26,29-40,42-44,46,48-50,52,54-60,64H2,1-2H3,(H,67,68)/b7-5-,8-6-,13-11-,14-12-,19-17-,22-21-,25-24-,28-27-,41-18-,47-45-,53-51-. The molecule has 414 valence electrons. The van der Waals surface area contributed by atoms with Crippen molar-refractivity contribution in [3.63, 3.8) is 0 Å². The third-order valence-corrected chi connectivity index (χ3v) is 12.5. The molecule has 0 amide bonds. The van der Waals surface area contributed by atoms with Gasteiger partial charge in [-0.2, -0.15) is 0 Å². The topological polar surface area (TPSA) is 134 Å². The fraction of sp³-hybridized carbons (Fsp3) is 0.619. The molecule has 2 unspecified atom stereocenters. The van der Waals surface area contributed by atoms with E-state index in [0.717, 1.165) is 83.5 Å². The van der Waals surface area contributed by atoms with Gasteiger partial charge < -0.3 is 20.1 Å². The van der Waals surface area contributed by atoms with E-state index in [1.807, 2.05) is 12.2 Å². The molecule has 0 heterocycles. The molecular formula is C63H104NO8P. The summed E-state index contributed by atoms with van der Waals surface area (Å²) in [4.78, 5) is 35.0. The molecule has 0 aromatic heterocycles. The second-order valence-electron chi connectivity index (χ2n) is 18.4. The van der Waals surface area contributed by atoms with Gasteiger partial charge in [0.05, 0.1) is 19.6 Å². The number of hydrogen-bond donors (Lipinski definition) is 2. The quantitative estimate of drug-likeness (QED) is 0.0264. The van der Waals surface area contributed by atoms with Crippen molar-refractivity contribution in [2.45, 2.75) is 225 Å². The summed E-state index contributed by atoms with van der Waals surface area (Å²) in [5.41, 5.74) is 5.37. The van der Waals surface area contributed by atoms with Crippen molar-refractivity contribution in [2.24, 2.45) is 5.73 Å². The molecular weight excluding hydrogens is 930 g/mol. The molecule has 0 spiro atoms. The number of nitrogens with two attached hydrogens (primary N) is 1.